The number of methoxy groups -OCH3 is 1. The molecular weight excluding hydrogens is 299 g/mol. The smallest absolute Gasteiger partial charge is 0.270 e. The second kappa shape index (κ2) is 8.79. The number of nitrogens with one attached hydrogen (secondary N) is 2. The summed E-state index contributed by atoms with van der Waals surface area (Å²) >= 11 is 0. The molecule has 122 valence electrons. The Morgan fingerprint density at radius 3 is 2.87 bits per heavy atom. The summed E-state index contributed by atoms with van der Waals surface area (Å²) < 4.78 is 18.4. The van der Waals surface area contributed by atoms with Gasteiger partial charge in [-0.15, -0.1) is 0 Å². The number of carbonyl (C=O) groups excluding carboxylic acids is 1. The van der Waals surface area contributed by atoms with Crippen molar-refractivity contribution in [3.05, 3.63) is 53.7 Å². The fraction of sp³-hybridized carbons (Fsp3) is 0.312. The molecule has 0 unspecified atom stereocenters. The summed E-state index contributed by atoms with van der Waals surface area (Å²) in [6, 6.07) is 8.07. The maximum Gasteiger partial charge on any atom is 0.270 e. The quantitative estimate of drug-likeness (QED) is 0.724. The first-order chi connectivity index (χ1) is 11.2. The Bertz CT molecular complexity index is 651. The van der Waals surface area contributed by atoms with Gasteiger partial charge in [0.05, 0.1) is 6.61 Å². The summed E-state index contributed by atoms with van der Waals surface area (Å²) in [4.78, 5) is 20.0. The molecule has 1 aromatic carbocycles. The van der Waals surface area contributed by atoms with Crippen LogP contribution in [0.25, 0.3) is 0 Å². The Kier molecular flexibility index (Phi) is 6.43. The predicted molar refractivity (Wildman–Crippen MR) is 84.8 cm³/mol. The molecule has 0 saturated carbocycles. The Labute approximate surface area is 134 Å². The zero-order valence-corrected chi connectivity index (χ0v) is 12.9. The second-order valence-corrected chi connectivity index (χ2v) is 4.81. The molecule has 0 aliphatic heterocycles. The van der Waals surface area contributed by atoms with Gasteiger partial charge in [-0.3, -0.25) is 4.79 Å². The van der Waals surface area contributed by atoms with E-state index in [-0.39, 0.29) is 17.4 Å². The number of hydrogen-bond acceptors (Lipinski definition) is 5. The van der Waals surface area contributed by atoms with Crippen molar-refractivity contribution in [1.82, 2.24) is 15.3 Å². The summed E-state index contributed by atoms with van der Waals surface area (Å²) in [6.45, 7) is 1.45. The van der Waals surface area contributed by atoms with E-state index in [4.69, 9.17) is 4.74 Å². The molecule has 2 N–H and O–H groups in total. The van der Waals surface area contributed by atoms with E-state index in [0.717, 1.165) is 0 Å². The molecule has 0 aliphatic rings. The van der Waals surface area contributed by atoms with Crippen LogP contribution >= 0.6 is 0 Å². The Morgan fingerprint density at radius 1 is 1.26 bits per heavy atom. The largest absolute Gasteiger partial charge is 0.383 e. The van der Waals surface area contributed by atoms with Gasteiger partial charge in [0.15, 0.2) is 0 Å². The highest BCUT2D eigenvalue weighted by atomic mass is 19.1. The summed E-state index contributed by atoms with van der Waals surface area (Å²) in [5.74, 6) is -0.0387. The number of carbonyl (C=O) groups is 1. The van der Waals surface area contributed by atoms with Gasteiger partial charge in [0.25, 0.3) is 5.91 Å². The van der Waals surface area contributed by atoms with Gasteiger partial charge in [0.1, 0.15) is 23.7 Å². The number of halogens is 1. The molecule has 0 bridgehead atoms. The van der Waals surface area contributed by atoms with Gasteiger partial charge < -0.3 is 15.4 Å². The average molecular weight is 318 g/mol. The molecule has 23 heavy (non-hydrogen) atoms. The number of nitrogens with zero attached hydrogens (tertiary/aromatic N) is 2. The van der Waals surface area contributed by atoms with E-state index < -0.39 is 0 Å². The minimum Gasteiger partial charge on any atom is -0.383 e. The minimum atomic E-state index is -0.321. The van der Waals surface area contributed by atoms with E-state index in [0.29, 0.717) is 37.5 Å². The van der Waals surface area contributed by atoms with Gasteiger partial charge in [-0.05, 0) is 18.1 Å². The van der Waals surface area contributed by atoms with Crippen molar-refractivity contribution in [1.29, 1.82) is 0 Å². The lowest BCUT2D eigenvalue weighted by molar-refractivity contribution is 0.0949. The van der Waals surface area contributed by atoms with Crippen LogP contribution in [0.15, 0.2) is 36.7 Å². The Balaban J connectivity index is 1.85. The van der Waals surface area contributed by atoms with Crippen molar-refractivity contribution in [3.8, 4) is 0 Å². The fourth-order valence-corrected chi connectivity index (χ4v) is 1.96. The van der Waals surface area contributed by atoms with Gasteiger partial charge in [0.2, 0.25) is 0 Å². The zero-order chi connectivity index (χ0) is 16.5. The number of anilines is 1. The summed E-state index contributed by atoms with van der Waals surface area (Å²) in [5, 5.41) is 5.75. The van der Waals surface area contributed by atoms with E-state index >= 15 is 0 Å². The lowest BCUT2D eigenvalue weighted by atomic mass is 10.1. The third kappa shape index (κ3) is 5.30. The van der Waals surface area contributed by atoms with Gasteiger partial charge in [0, 0.05) is 26.3 Å². The van der Waals surface area contributed by atoms with Gasteiger partial charge in [-0.1, -0.05) is 18.2 Å². The van der Waals surface area contributed by atoms with E-state index in [1.54, 1.807) is 31.4 Å². The molecule has 1 amide bonds. The zero-order valence-electron chi connectivity index (χ0n) is 12.9. The lowest BCUT2D eigenvalue weighted by Gasteiger charge is -2.08. The number of benzene rings is 1. The maximum atomic E-state index is 13.5. The number of rotatable bonds is 8. The van der Waals surface area contributed by atoms with E-state index in [1.807, 2.05) is 0 Å². The summed E-state index contributed by atoms with van der Waals surface area (Å²) in [5.41, 5.74) is 0.825. The topological polar surface area (TPSA) is 76.1 Å². The number of ether oxygens (including phenoxy) is 1. The van der Waals surface area contributed by atoms with Crippen LogP contribution in [0.2, 0.25) is 0 Å². The Morgan fingerprint density at radius 2 is 2.09 bits per heavy atom. The van der Waals surface area contributed by atoms with Crippen LogP contribution in [-0.4, -0.2) is 42.7 Å². The number of hydrogen-bond donors (Lipinski definition) is 2. The molecule has 0 spiro atoms. The van der Waals surface area contributed by atoms with Gasteiger partial charge in [-0.25, -0.2) is 14.4 Å². The molecule has 0 atom stereocenters. The monoisotopic (exact) mass is 318 g/mol. The van der Waals surface area contributed by atoms with E-state index in [1.165, 1.54) is 12.4 Å². The molecule has 0 fully saturated rings. The van der Waals surface area contributed by atoms with Crippen molar-refractivity contribution in [2.24, 2.45) is 0 Å². The van der Waals surface area contributed by atoms with Crippen LogP contribution in [0.4, 0.5) is 10.2 Å². The minimum absolute atomic E-state index is 0.258. The summed E-state index contributed by atoms with van der Waals surface area (Å²) in [6.07, 6.45) is 1.74. The molecule has 6 nitrogen and oxygen atoms in total. The SMILES string of the molecule is COCCNc1cc(C(=O)NCCc2ccccc2F)ncn1. The van der Waals surface area contributed by atoms with Gasteiger partial charge in [-0.2, -0.15) is 0 Å². The van der Waals surface area contributed by atoms with Crippen LogP contribution in [0, 0.1) is 5.82 Å². The van der Waals surface area contributed by atoms with Crippen molar-refractivity contribution < 1.29 is 13.9 Å². The highest BCUT2D eigenvalue weighted by Gasteiger charge is 2.09. The maximum absolute atomic E-state index is 13.5. The highest BCUT2D eigenvalue weighted by Crippen LogP contribution is 2.07. The predicted octanol–water partition coefficient (Wildman–Crippen LogP) is 1.65. The van der Waals surface area contributed by atoms with Crippen molar-refractivity contribution in [3.63, 3.8) is 0 Å². The molecule has 7 heteroatoms. The van der Waals surface area contributed by atoms with Crippen LogP contribution in [0.5, 0.6) is 0 Å². The van der Waals surface area contributed by atoms with Crippen molar-refractivity contribution in [2.45, 2.75) is 6.42 Å². The molecule has 2 rings (SSSR count). The van der Waals surface area contributed by atoms with Crippen molar-refractivity contribution >= 4 is 11.7 Å². The Hall–Kier alpha value is -2.54. The van der Waals surface area contributed by atoms with Crippen LogP contribution in [0.1, 0.15) is 16.1 Å². The molecule has 0 radical (unpaired) electrons. The molecule has 1 aromatic heterocycles. The first kappa shape index (κ1) is 16.8. The van der Waals surface area contributed by atoms with Crippen LogP contribution < -0.4 is 10.6 Å². The third-order valence-corrected chi connectivity index (χ3v) is 3.15. The first-order valence-electron chi connectivity index (χ1n) is 7.27. The average Bonchev–Trinajstić information content (AvgIpc) is 2.57. The third-order valence-electron chi connectivity index (χ3n) is 3.15. The van der Waals surface area contributed by atoms with E-state index in [2.05, 4.69) is 20.6 Å². The van der Waals surface area contributed by atoms with Crippen LogP contribution in [0.3, 0.4) is 0 Å². The molecular formula is C16H19FN4O2. The number of aromatic nitrogens is 2. The normalized spacial score (nSPS) is 10.3. The summed E-state index contributed by atoms with van der Waals surface area (Å²) in [7, 11) is 1.61. The first-order valence-corrected chi connectivity index (χ1v) is 7.27. The van der Waals surface area contributed by atoms with E-state index in [9.17, 15) is 9.18 Å². The fourth-order valence-electron chi connectivity index (χ4n) is 1.96. The lowest BCUT2D eigenvalue weighted by Crippen LogP contribution is -2.27. The van der Waals surface area contributed by atoms with Crippen LogP contribution in [-0.2, 0) is 11.2 Å². The molecule has 1 heterocycles. The number of amides is 1. The molecule has 0 saturated heterocycles. The highest BCUT2D eigenvalue weighted by molar-refractivity contribution is 5.92. The van der Waals surface area contributed by atoms with Crippen molar-refractivity contribution in [2.75, 3.05) is 32.1 Å². The molecule has 0 aliphatic carbocycles. The standard InChI is InChI=1S/C16H19FN4O2/c1-23-9-8-18-15-10-14(20-11-21-15)16(22)19-7-6-12-4-2-3-5-13(12)17/h2-5,10-11H,6-9H2,1H3,(H,19,22)(H,18,20,21). The van der Waals surface area contributed by atoms with Gasteiger partial charge >= 0.3 is 0 Å². The molecule has 2 aromatic rings. The second-order valence-electron chi connectivity index (χ2n) is 4.81.